The molecule has 4 rings (SSSR count). The van der Waals surface area contributed by atoms with Crippen LogP contribution in [-0.2, 0) is 4.79 Å². The van der Waals surface area contributed by atoms with Crippen LogP contribution in [0, 0.1) is 12.3 Å². The highest BCUT2D eigenvalue weighted by atomic mass is 32.2. The molecule has 30 heavy (non-hydrogen) atoms. The third kappa shape index (κ3) is 4.00. The number of furan rings is 1. The van der Waals surface area contributed by atoms with Crippen molar-refractivity contribution in [3.8, 4) is 0 Å². The second-order valence-electron chi connectivity index (χ2n) is 9.03. The molecule has 1 aliphatic heterocycles. The van der Waals surface area contributed by atoms with Crippen LogP contribution < -0.4 is 10.9 Å². The van der Waals surface area contributed by atoms with Crippen molar-refractivity contribution in [1.29, 1.82) is 0 Å². The maximum Gasteiger partial charge on any atom is 0.257 e. The fourth-order valence-corrected chi connectivity index (χ4v) is 5.24. The number of carbonyl (C=O) groups is 1. The third-order valence-electron chi connectivity index (χ3n) is 5.73. The summed E-state index contributed by atoms with van der Waals surface area (Å²) in [5.41, 5.74) is 1.63. The maximum atomic E-state index is 13.1. The zero-order chi connectivity index (χ0) is 21.5. The summed E-state index contributed by atoms with van der Waals surface area (Å²) in [6.07, 6.45) is 4.59. The number of anilines is 1. The van der Waals surface area contributed by atoms with Crippen molar-refractivity contribution in [1.82, 2.24) is 9.97 Å². The van der Waals surface area contributed by atoms with Gasteiger partial charge in [-0.25, -0.2) is 4.98 Å². The Labute approximate surface area is 180 Å². The molecule has 2 aromatic rings. The van der Waals surface area contributed by atoms with Gasteiger partial charge in [0.25, 0.3) is 5.56 Å². The smallest absolute Gasteiger partial charge is 0.257 e. The normalized spacial score (nSPS) is 20.0. The summed E-state index contributed by atoms with van der Waals surface area (Å²) in [7, 11) is 0. The number of H-pyrrole nitrogens is 1. The van der Waals surface area contributed by atoms with Gasteiger partial charge in [0.05, 0.1) is 11.5 Å². The standard InChI is InChI=1S/C23H29N3O3S/c1-5-6-7-10-30-22-25-20-19(21(28)26-22)18(16-9-8-13(2)29-16)17-14(24-20)11-23(3,4)12-15(17)27/h8-9,18H,5-7,10-12H2,1-4H3,(H2,24,25,26,28). The van der Waals surface area contributed by atoms with Crippen LogP contribution >= 0.6 is 11.8 Å². The molecule has 160 valence electrons. The predicted molar refractivity (Wildman–Crippen MR) is 119 cm³/mol. The molecular weight excluding hydrogens is 398 g/mol. The van der Waals surface area contributed by atoms with E-state index in [0.29, 0.717) is 34.3 Å². The van der Waals surface area contributed by atoms with Crippen molar-refractivity contribution in [2.24, 2.45) is 5.41 Å². The monoisotopic (exact) mass is 427 g/mol. The Kier molecular flexibility index (Phi) is 5.66. The van der Waals surface area contributed by atoms with Crippen molar-refractivity contribution >= 4 is 23.4 Å². The molecule has 1 aliphatic carbocycles. The van der Waals surface area contributed by atoms with E-state index < -0.39 is 5.92 Å². The molecule has 1 unspecified atom stereocenters. The Morgan fingerprint density at radius 1 is 1.23 bits per heavy atom. The Hall–Kier alpha value is -2.28. The molecule has 1 atom stereocenters. The van der Waals surface area contributed by atoms with E-state index in [9.17, 15) is 9.59 Å². The second kappa shape index (κ2) is 8.10. The number of hydrogen-bond donors (Lipinski definition) is 2. The maximum absolute atomic E-state index is 13.1. The molecule has 0 radical (unpaired) electrons. The van der Waals surface area contributed by atoms with E-state index in [2.05, 4.69) is 31.1 Å². The van der Waals surface area contributed by atoms with Gasteiger partial charge in [-0.3, -0.25) is 9.59 Å². The summed E-state index contributed by atoms with van der Waals surface area (Å²) < 4.78 is 5.91. The summed E-state index contributed by atoms with van der Waals surface area (Å²) >= 11 is 1.57. The molecule has 0 bridgehead atoms. The summed E-state index contributed by atoms with van der Waals surface area (Å²) in [6, 6.07) is 3.73. The summed E-state index contributed by atoms with van der Waals surface area (Å²) in [6.45, 7) is 8.23. The number of Topliss-reactive ketones (excluding diaryl/α,β-unsaturated/α-hetero) is 1. The number of thioether (sulfide) groups is 1. The average Bonchev–Trinajstić information content (AvgIpc) is 3.08. The van der Waals surface area contributed by atoms with Gasteiger partial charge < -0.3 is 14.7 Å². The number of carbonyl (C=O) groups excluding carboxylic acids is 1. The van der Waals surface area contributed by atoms with Gasteiger partial charge in [-0.05, 0) is 37.3 Å². The van der Waals surface area contributed by atoms with E-state index in [1.165, 1.54) is 0 Å². The van der Waals surface area contributed by atoms with Gasteiger partial charge >= 0.3 is 0 Å². The Morgan fingerprint density at radius 3 is 2.73 bits per heavy atom. The van der Waals surface area contributed by atoms with Gasteiger partial charge in [-0.15, -0.1) is 0 Å². The molecule has 0 amide bonds. The van der Waals surface area contributed by atoms with Crippen molar-refractivity contribution in [2.45, 2.75) is 70.9 Å². The molecule has 3 heterocycles. The molecule has 0 saturated heterocycles. The number of allylic oxidation sites excluding steroid dienone is 2. The summed E-state index contributed by atoms with van der Waals surface area (Å²) in [5.74, 6) is 2.37. The number of aromatic amines is 1. The topological polar surface area (TPSA) is 88.0 Å². The zero-order valence-corrected chi connectivity index (χ0v) is 18.9. The molecule has 0 saturated carbocycles. The first-order valence-corrected chi connectivity index (χ1v) is 11.6. The second-order valence-corrected chi connectivity index (χ2v) is 10.1. The lowest BCUT2D eigenvalue weighted by Gasteiger charge is -2.37. The first-order chi connectivity index (χ1) is 14.3. The first kappa shape index (κ1) is 21.0. The molecule has 0 spiro atoms. The predicted octanol–water partition coefficient (Wildman–Crippen LogP) is 5.15. The van der Waals surface area contributed by atoms with Crippen molar-refractivity contribution in [3.63, 3.8) is 0 Å². The molecule has 2 aromatic heterocycles. The number of hydrogen-bond acceptors (Lipinski definition) is 6. The fourth-order valence-electron chi connectivity index (χ4n) is 4.38. The third-order valence-corrected chi connectivity index (χ3v) is 6.69. The quantitative estimate of drug-likeness (QED) is 0.376. The lowest BCUT2D eigenvalue weighted by Crippen LogP contribution is -2.36. The zero-order valence-electron chi connectivity index (χ0n) is 18.1. The molecular formula is C23H29N3O3S. The van der Waals surface area contributed by atoms with Crippen LogP contribution in [0.15, 0.2) is 37.8 Å². The number of nitrogens with one attached hydrogen (secondary N) is 2. The van der Waals surface area contributed by atoms with E-state index in [1.54, 1.807) is 11.8 Å². The van der Waals surface area contributed by atoms with E-state index in [0.717, 1.165) is 42.9 Å². The van der Waals surface area contributed by atoms with Gasteiger partial charge in [0, 0.05) is 23.4 Å². The van der Waals surface area contributed by atoms with Crippen LogP contribution in [0.1, 0.15) is 75.9 Å². The highest BCUT2D eigenvalue weighted by molar-refractivity contribution is 7.99. The van der Waals surface area contributed by atoms with Crippen LogP contribution in [0.3, 0.4) is 0 Å². The van der Waals surface area contributed by atoms with Crippen LogP contribution in [0.2, 0.25) is 0 Å². The molecule has 6 nitrogen and oxygen atoms in total. The summed E-state index contributed by atoms with van der Waals surface area (Å²) in [5, 5.41) is 3.96. The van der Waals surface area contributed by atoms with Crippen LogP contribution in [0.5, 0.6) is 0 Å². The molecule has 2 aliphatic rings. The Balaban J connectivity index is 1.79. The number of unbranched alkanes of at least 4 members (excludes halogenated alkanes) is 2. The highest BCUT2D eigenvalue weighted by Gasteiger charge is 2.43. The number of nitrogens with zero attached hydrogens (tertiary/aromatic N) is 1. The number of fused-ring (bicyclic) bond motifs is 1. The van der Waals surface area contributed by atoms with Crippen LogP contribution in [-0.4, -0.2) is 21.5 Å². The number of aryl methyl sites for hydroxylation is 1. The average molecular weight is 428 g/mol. The largest absolute Gasteiger partial charge is 0.465 e. The van der Waals surface area contributed by atoms with Crippen molar-refractivity contribution in [2.75, 3.05) is 11.1 Å². The number of aromatic nitrogens is 2. The van der Waals surface area contributed by atoms with E-state index in [1.807, 2.05) is 19.1 Å². The molecule has 7 heteroatoms. The molecule has 0 aromatic carbocycles. The highest BCUT2D eigenvalue weighted by Crippen LogP contribution is 2.47. The Bertz CT molecular complexity index is 1060. The van der Waals surface area contributed by atoms with Gasteiger partial charge in [-0.1, -0.05) is 45.4 Å². The lowest BCUT2D eigenvalue weighted by atomic mass is 9.70. The van der Waals surface area contributed by atoms with Crippen LogP contribution in [0.4, 0.5) is 5.82 Å². The minimum atomic E-state index is -0.524. The first-order valence-electron chi connectivity index (χ1n) is 10.7. The van der Waals surface area contributed by atoms with Crippen LogP contribution in [0.25, 0.3) is 0 Å². The lowest BCUT2D eigenvalue weighted by molar-refractivity contribution is -0.118. The van der Waals surface area contributed by atoms with Gasteiger partial charge in [0.15, 0.2) is 10.9 Å². The van der Waals surface area contributed by atoms with Crippen molar-refractivity contribution in [3.05, 3.63) is 50.8 Å². The van der Waals surface area contributed by atoms with Gasteiger partial charge in [0.1, 0.15) is 17.3 Å². The van der Waals surface area contributed by atoms with E-state index in [-0.39, 0.29) is 16.8 Å². The minimum Gasteiger partial charge on any atom is -0.465 e. The fraction of sp³-hybridized carbons (Fsp3) is 0.522. The van der Waals surface area contributed by atoms with Gasteiger partial charge in [0.2, 0.25) is 0 Å². The molecule has 2 N–H and O–H groups in total. The minimum absolute atomic E-state index is 0.0656. The van der Waals surface area contributed by atoms with Crippen molar-refractivity contribution < 1.29 is 9.21 Å². The Morgan fingerprint density at radius 2 is 2.03 bits per heavy atom. The SMILES string of the molecule is CCCCCSc1nc2c(c(=O)[nH]1)C(c1ccc(C)o1)C1=C(CC(C)(C)CC1=O)N2. The number of rotatable bonds is 6. The van der Waals surface area contributed by atoms with E-state index in [4.69, 9.17) is 9.40 Å². The van der Waals surface area contributed by atoms with Gasteiger partial charge in [-0.2, -0.15) is 0 Å². The molecule has 0 fully saturated rings. The van der Waals surface area contributed by atoms with E-state index >= 15 is 0 Å². The number of ketones is 1. The summed E-state index contributed by atoms with van der Waals surface area (Å²) in [4.78, 5) is 34.0.